The number of aromatic amines is 1. The van der Waals surface area contributed by atoms with E-state index in [0.717, 1.165) is 45.6 Å². The van der Waals surface area contributed by atoms with Crippen LogP contribution in [0, 0.1) is 6.92 Å². The second-order valence-electron chi connectivity index (χ2n) is 8.41. The monoisotopic (exact) mass is 478 g/mol. The maximum atomic E-state index is 13.0. The number of pyridine rings is 2. The largest absolute Gasteiger partial charge is 0.464 e. The molecule has 0 atom stereocenters. The predicted octanol–water partition coefficient (Wildman–Crippen LogP) is 4.49. The SMILES string of the molecule is Cc1ncccc1-c1ccc(/C(=C\N)C(=O)N2CCc3nc[nH]c3C2)nc1.c1ccc2occc2c1. The number of nitrogens with one attached hydrogen (secondary N) is 1. The van der Waals surface area contributed by atoms with Crippen molar-refractivity contribution in [2.75, 3.05) is 6.54 Å². The Bertz CT molecular complexity index is 1490. The molecule has 1 aliphatic heterocycles. The van der Waals surface area contributed by atoms with E-state index in [1.165, 1.54) is 6.20 Å². The number of hydrogen-bond acceptors (Lipinski definition) is 6. The molecule has 4 aromatic heterocycles. The molecule has 6 rings (SSSR count). The van der Waals surface area contributed by atoms with Crippen LogP contribution in [-0.2, 0) is 17.8 Å². The van der Waals surface area contributed by atoms with Gasteiger partial charge in [-0.15, -0.1) is 0 Å². The van der Waals surface area contributed by atoms with Gasteiger partial charge >= 0.3 is 0 Å². The lowest BCUT2D eigenvalue weighted by Crippen LogP contribution is -2.36. The maximum absolute atomic E-state index is 13.0. The predicted molar refractivity (Wildman–Crippen MR) is 138 cm³/mol. The molecule has 0 spiro atoms. The summed E-state index contributed by atoms with van der Waals surface area (Å²) >= 11 is 0. The lowest BCUT2D eigenvalue weighted by atomic mass is 10.0. The standard InChI is InChI=1S/C20H20N6O.C8H6O/c1-13-15(3-2-7-22-13)14-4-5-17(23-10-14)16(9-21)20(27)26-8-6-18-19(11-26)25-12-24-18;1-2-4-8-7(3-1)5-6-9-8/h2-5,7,9-10,12H,6,8,11,21H2,1H3,(H,24,25);1-6H/b16-9+;. The minimum Gasteiger partial charge on any atom is -0.464 e. The zero-order valence-electron chi connectivity index (χ0n) is 19.9. The van der Waals surface area contributed by atoms with Gasteiger partial charge in [-0.05, 0) is 31.2 Å². The molecule has 5 aromatic rings. The van der Waals surface area contributed by atoms with E-state index in [4.69, 9.17) is 10.2 Å². The molecule has 0 unspecified atom stereocenters. The van der Waals surface area contributed by atoms with Crippen molar-refractivity contribution in [1.29, 1.82) is 0 Å². The molecule has 180 valence electrons. The number of hydrogen-bond donors (Lipinski definition) is 2. The molecular formula is C28H26N6O2. The Kier molecular flexibility index (Phi) is 6.57. The number of nitrogens with two attached hydrogens (primary N) is 1. The van der Waals surface area contributed by atoms with Crippen LogP contribution in [0.2, 0.25) is 0 Å². The Morgan fingerprint density at radius 3 is 2.75 bits per heavy atom. The van der Waals surface area contributed by atoms with Gasteiger partial charge in [0, 0.05) is 53.8 Å². The third-order valence-electron chi connectivity index (χ3n) is 6.18. The average molecular weight is 479 g/mol. The van der Waals surface area contributed by atoms with Crippen molar-refractivity contribution in [2.24, 2.45) is 5.73 Å². The van der Waals surface area contributed by atoms with Gasteiger partial charge in [-0.1, -0.05) is 30.3 Å². The first-order chi connectivity index (χ1) is 17.6. The quantitative estimate of drug-likeness (QED) is 0.369. The number of fused-ring (bicyclic) bond motifs is 2. The number of imidazole rings is 1. The number of H-pyrrole nitrogens is 1. The number of nitrogens with zero attached hydrogens (tertiary/aromatic N) is 4. The van der Waals surface area contributed by atoms with Crippen LogP contribution in [0.15, 0.2) is 90.2 Å². The smallest absolute Gasteiger partial charge is 0.257 e. The van der Waals surface area contributed by atoms with Crippen molar-refractivity contribution >= 4 is 22.4 Å². The highest BCUT2D eigenvalue weighted by molar-refractivity contribution is 6.18. The molecular weight excluding hydrogens is 452 g/mol. The highest BCUT2D eigenvalue weighted by Crippen LogP contribution is 2.24. The van der Waals surface area contributed by atoms with Crippen LogP contribution in [0.1, 0.15) is 22.8 Å². The van der Waals surface area contributed by atoms with Gasteiger partial charge in [-0.3, -0.25) is 14.8 Å². The van der Waals surface area contributed by atoms with E-state index in [2.05, 4.69) is 19.9 Å². The summed E-state index contributed by atoms with van der Waals surface area (Å²) in [6, 6.07) is 17.5. The van der Waals surface area contributed by atoms with Gasteiger partial charge in [0.2, 0.25) is 0 Å². The number of benzene rings is 1. The molecule has 36 heavy (non-hydrogen) atoms. The molecule has 1 aliphatic rings. The minimum atomic E-state index is -0.129. The summed E-state index contributed by atoms with van der Waals surface area (Å²) in [5, 5.41) is 1.16. The van der Waals surface area contributed by atoms with E-state index in [1.807, 2.05) is 61.5 Å². The van der Waals surface area contributed by atoms with E-state index in [0.29, 0.717) is 24.4 Å². The van der Waals surface area contributed by atoms with Crippen molar-refractivity contribution in [3.8, 4) is 11.1 Å². The molecule has 0 fully saturated rings. The van der Waals surface area contributed by atoms with Gasteiger partial charge < -0.3 is 20.0 Å². The number of para-hydroxylation sites is 1. The molecule has 8 heteroatoms. The van der Waals surface area contributed by atoms with Crippen LogP contribution in [0.3, 0.4) is 0 Å². The second-order valence-corrected chi connectivity index (χ2v) is 8.41. The van der Waals surface area contributed by atoms with Crippen molar-refractivity contribution in [2.45, 2.75) is 19.9 Å². The van der Waals surface area contributed by atoms with Crippen LogP contribution in [0.5, 0.6) is 0 Å². The summed E-state index contributed by atoms with van der Waals surface area (Å²) in [7, 11) is 0. The minimum absolute atomic E-state index is 0.129. The summed E-state index contributed by atoms with van der Waals surface area (Å²) in [6.45, 7) is 3.07. The Balaban J connectivity index is 0.000000247. The van der Waals surface area contributed by atoms with E-state index >= 15 is 0 Å². The maximum Gasteiger partial charge on any atom is 0.257 e. The first-order valence-electron chi connectivity index (χ1n) is 11.7. The average Bonchev–Trinajstić information content (AvgIpc) is 3.59. The molecule has 8 nitrogen and oxygen atoms in total. The van der Waals surface area contributed by atoms with Gasteiger partial charge in [0.25, 0.3) is 5.91 Å². The topological polar surface area (TPSA) is 114 Å². The molecule has 1 amide bonds. The van der Waals surface area contributed by atoms with Gasteiger partial charge in [-0.25, -0.2) is 4.98 Å². The fraction of sp³-hybridized carbons (Fsp3) is 0.143. The van der Waals surface area contributed by atoms with Crippen LogP contribution in [0.4, 0.5) is 0 Å². The van der Waals surface area contributed by atoms with Crippen LogP contribution >= 0.6 is 0 Å². The summed E-state index contributed by atoms with van der Waals surface area (Å²) in [5.41, 5.74) is 12.6. The van der Waals surface area contributed by atoms with Crippen molar-refractivity contribution in [3.05, 3.63) is 109 Å². The van der Waals surface area contributed by atoms with Crippen molar-refractivity contribution < 1.29 is 9.21 Å². The normalized spacial score (nSPS) is 13.1. The molecule has 0 aliphatic carbocycles. The van der Waals surface area contributed by atoms with Crippen LogP contribution in [0.25, 0.3) is 27.7 Å². The first kappa shape index (κ1) is 23.0. The Morgan fingerprint density at radius 1 is 1.08 bits per heavy atom. The van der Waals surface area contributed by atoms with Crippen LogP contribution in [-0.4, -0.2) is 37.3 Å². The van der Waals surface area contributed by atoms with E-state index in [-0.39, 0.29) is 5.91 Å². The van der Waals surface area contributed by atoms with Gasteiger partial charge in [-0.2, -0.15) is 0 Å². The fourth-order valence-electron chi connectivity index (χ4n) is 4.23. The van der Waals surface area contributed by atoms with E-state index in [9.17, 15) is 4.79 Å². The number of aromatic nitrogens is 4. The molecule has 0 radical (unpaired) electrons. The first-order valence-corrected chi connectivity index (χ1v) is 11.7. The third kappa shape index (κ3) is 4.74. The molecule has 0 saturated carbocycles. The van der Waals surface area contributed by atoms with E-state index in [1.54, 1.807) is 29.9 Å². The lowest BCUT2D eigenvalue weighted by molar-refractivity contribution is -0.126. The summed E-state index contributed by atoms with van der Waals surface area (Å²) in [5.74, 6) is -0.129. The third-order valence-corrected chi connectivity index (χ3v) is 6.18. The Labute approximate surface area is 208 Å². The Hall–Kier alpha value is -4.72. The van der Waals surface area contributed by atoms with Crippen LogP contribution < -0.4 is 5.73 Å². The number of furan rings is 1. The molecule has 5 heterocycles. The highest BCUT2D eigenvalue weighted by atomic mass is 16.3. The number of rotatable bonds is 3. The fourth-order valence-corrected chi connectivity index (χ4v) is 4.23. The number of aryl methyl sites for hydroxylation is 1. The van der Waals surface area contributed by atoms with Gasteiger partial charge in [0.15, 0.2) is 0 Å². The molecule has 0 bridgehead atoms. The summed E-state index contributed by atoms with van der Waals surface area (Å²) < 4.78 is 5.12. The summed E-state index contributed by atoms with van der Waals surface area (Å²) in [4.78, 5) is 30.9. The molecule has 0 saturated heterocycles. The van der Waals surface area contributed by atoms with E-state index < -0.39 is 0 Å². The number of amides is 1. The summed E-state index contributed by atoms with van der Waals surface area (Å²) in [6.07, 6.45) is 8.94. The zero-order valence-corrected chi connectivity index (χ0v) is 19.9. The lowest BCUT2D eigenvalue weighted by Gasteiger charge is -2.27. The molecule has 3 N–H and O–H groups in total. The zero-order chi connectivity index (χ0) is 24.9. The van der Waals surface area contributed by atoms with Crippen molar-refractivity contribution in [1.82, 2.24) is 24.8 Å². The second kappa shape index (κ2) is 10.3. The van der Waals surface area contributed by atoms with Gasteiger partial charge in [0.05, 0.1) is 41.8 Å². The molecule has 1 aromatic carbocycles. The highest BCUT2D eigenvalue weighted by Gasteiger charge is 2.25. The van der Waals surface area contributed by atoms with Gasteiger partial charge in [0.1, 0.15) is 5.58 Å². The number of carbonyl (C=O) groups is 1. The number of carbonyl (C=O) groups excluding carboxylic acids is 1. The van der Waals surface area contributed by atoms with Crippen molar-refractivity contribution in [3.63, 3.8) is 0 Å². The Morgan fingerprint density at radius 2 is 1.97 bits per heavy atom.